The van der Waals surface area contributed by atoms with Gasteiger partial charge in [-0.05, 0) is 212 Å². The van der Waals surface area contributed by atoms with Crippen LogP contribution in [0.25, 0.3) is 99.8 Å². The summed E-state index contributed by atoms with van der Waals surface area (Å²) in [5.74, 6) is 0. The van der Waals surface area contributed by atoms with Crippen molar-refractivity contribution in [2.24, 2.45) is 0 Å². The lowest BCUT2D eigenvalue weighted by molar-refractivity contribution is 0.582. The van der Waals surface area contributed by atoms with Gasteiger partial charge in [-0.3, -0.25) is 0 Å². The van der Waals surface area contributed by atoms with Crippen molar-refractivity contribution < 1.29 is 4.42 Å². The van der Waals surface area contributed by atoms with Crippen molar-refractivity contribution in [2.45, 2.75) is 110 Å². The maximum atomic E-state index is 6.74. The first kappa shape index (κ1) is 53.2. The van der Waals surface area contributed by atoms with Crippen LogP contribution in [0.3, 0.4) is 0 Å². The maximum absolute atomic E-state index is 6.74. The Labute approximate surface area is 497 Å². The molecule has 84 heavy (non-hydrogen) atoms. The second kappa shape index (κ2) is 19.1. The number of para-hydroxylation sites is 1. The van der Waals surface area contributed by atoms with Crippen molar-refractivity contribution >= 4 is 21.9 Å². The number of hydrogen-bond acceptors (Lipinski definition) is 1. The van der Waals surface area contributed by atoms with E-state index in [1.807, 2.05) is 0 Å². The average Bonchev–Trinajstić information content (AvgIpc) is 1.57. The summed E-state index contributed by atoms with van der Waals surface area (Å²) in [7, 11) is 0. The Hall–Kier alpha value is -8.78. The molecular formula is C83H74O. The summed E-state index contributed by atoms with van der Waals surface area (Å²) in [5.41, 5.74) is 30.2. The van der Waals surface area contributed by atoms with Gasteiger partial charge in [0.25, 0.3) is 0 Å². The van der Waals surface area contributed by atoms with Crippen LogP contribution in [-0.2, 0) is 27.1 Å². The van der Waals surface area contributed by atoms with Gasteiger partial charge in [-0.15, -0.1) is 0 Å². The topological polar surface area (TPSA) is 13.1 Å². The van der Waals surface area contributed by atoms with E-state index in [-0.39, 0.29) is 21.7 Å². The first-order valence-corrected chi connectivity index (χ1v) is 30.2. The molecule has 1 nitrogen and oxygen atoms in total. The molecule has 11 aromatic carbocycles. The summed E-state index contributed by atoms with van der Waals surface area (Å²) in [6.45, 7) is 27.8. The summed E-state index contributed by atoms with van der Waals surface area (Å²) >= 11 is 0. The molecule has 0 aliphatic heterocycles. The molecule has 1 heteroatoms. The summed E-state index contributed by atoms with van der Waals surface area (Å²) in [5, 5.41) is 2.30. The van der Waals surface area contributed by atoms with Crippen molar-refractivity contribution in [3.63, 3.8) is 0 Å². The number of furan rings is 1. The van der Waals surface area contributed by atoms with Crippen molar-refractivity contribution in [1.82, 2.24) is 0 Å². The highest BCUT2D eigenvalue weighted by Crippen LogP contribution is 2.60. The smallest absolute Gasteiger partial charge is 0.136 e. The summed E-state index contributed by atoms with van der Waals surface area (Å²) in [4.78, 5) is 0. The molecule has 1 atom stereocenters. The van der Waals surface area contributed by atoms with Gasteiger partial charge in [-0.2, -0.15) is 0 Å². The number of fused-ring (bicyclic) bond motifs is 9. The zero-order valence-electron chi connectivity index (χ0n) is 50.8. The van der Waals surface area contributed by atoms with Crippen LogP contribution in [0.5, 0.6) is 0 Å². The van der Waals surface area contributed by atoms with Gasteiger partial charge in [-0.25, -0.2) is 0 Å². The molecule has 1 unspecified atom stereocenters. The first-order valence-electron chi connectivity index (χ1n) is 30.2. The van der Waals surface area contributed by atoms with E-state index in [1.54, 1.807) is 0 Å². The predicted octanol–water partition coefficient (Wildman–Crippen LogP) is 22.8. The number of aryl methyl sites for hydroxylation is 1. The molecule has 0 saturated heterocycles. The number of rotatable bonds is 2. The molecule has 1 aromatic heterocycles. The van der Waals surface area contributed by atoms with E-state index in [0.29, 0.717) is 0 Å². The fourth-order valence-electron chi connectivity index (χ4n) is 14.0. The molecule has 0 N–H and O–H groups in total. The van der Waals surface area contributed by atoms with Crippen LogP contribution in [-0.4, -0.2) is 0 Å². The first-order chi connectivity index (χ1) is 40.1. The molecule has 0 amide bonds. The predicted molar refractivity (Wildman–Crippen MR) is 357 cm³/mol. The van der Waals surface area contributed by atoms with Crippen LogP contribution in [0.15, 0.2) is 235 Å². The normalized spacial score (nSPS) is 15.3. The van der Waals surface area contributed by atoms with E-state index in [4.69, 9.17) is 4.42 Å². The van der Waals surface area contributed by atoms with Crippen molar-refractivity contribution in [3.05, 3.63) is 286 Å². The largest absolute Gasteiger partial charge is 0.456 e. The van der Waals surface area contributed by atoms with E-state index >= 15 is 0 Å². The minimum atomic E-state index is -0.736. The lowest BCUT2D eigenvalue weighted by atomic mass is 9.66. The van der Waals surface area contributed by atoms with Crippen molar-refractivity contribution in [2.75, 3.05) is 0 Å². The lowest BCUT2D eigenvalue weighted by Gasteiger charge is -2.34. The third-order valence-electron chi connectivity index (χ3n) is 18.9. The monoisotopic (exact) mass is 1090 g/mol. The van der Waals surface area contributed by atoms with Gasteiger partial charge in [-0.1, -0.05) is 252 Å². The fraction of sp³-hybridized carbons (Fsp3) is 0.205. The summed E-state index contributed by atoms with van der Waals surface area (Å²) in [6.07, 6.45) is 0. The standard InChI is InChI=1S/C83H74O/c1-51-23-38-72-71(41-51)77-73(39-40-76-78(77)70-21-13-14-22-75(70)84-76)83(72)67-19-15-17-55(48-67)60-43-57(52-24-30-63(31-25-52)79(2,3)4)42-58(44-60)54-28-34-65(35-29-54)82(11,12)74-50-66(81(8,9)10)36-37-69(74)62-46-59(53-26-32-64(33-27-53)80(5,6)7)45-61(47-62)56-18-16-20-68(83)49-56/h13-50H,1-12H3. The second-order valence-electron chi connectivity index (χ2n) is 27.9. The highest BCUT2D eigenvalue weighted by atomic mass is 16.3. The van der Waals surface area contributed by atoms with Gasteiger partial charge in [0, 0.05) is 16.2 Å². The van der Waals surface area contributed by atoms with Gasteiger partial charge in [0.15, 0.2) is 0 Å². The average molecular weight is 1090 g/mol. The third-order valence-corrected chi connectivity index (χ3v) is 18.9. The highest BCUT2D eigenvalue weighted by Gasteiger charge is 2.48. The molecule has 15 rings (SSSR count). The van der Waals surface area contributed by atoms with E-state index in [1.165, 1.54) is 134 Å². The van der Waals surface area contributed by atoms with E-state index in [0.717, 1.165) is 21.9 Å². The lowest BCUT2D eigenvalue weighted by Crippen LogP contribution is -2.28. The zero-order valence-corrected chi connectivity index (χ0v) is 50.8. The Morgan fingerprint density at radius 1 is 0.310 bits per heavy atom. The van der Waals surface area contributed by atoms with Crippen molar-refractivity contribution in [3.8, 4) is 77.9 Å². The van der Waals surface area contributed by atoms with Crippen LogP contribution >= 0.6 is 0 Å². The Balaban J connectivity index is 1.10. The zero-order chi connectivity index (χ0) is 58.2. The Morgan fingerprint density at radius 3 is 1.32 bits per heavy atom. The van der Waals surface area contributed by atoms with Crippen molar-refractivity contribution in [1.29, 1.82) is 0 Å². The van der Waals surface area contributed by atoms with Crippen LogP contribution in [0, 0.1) is 6.92 Å². The molecule has 412 valence electrons. The molecule has 10 bridgehead atoms. The summed E-state index contributed by atoms with van der Waals surface area (Å²) < 4.78 is 6.74. The van der Waals surface area contributed by atoms with Gasteiger partial charge in [0.05, 0.1) is 5.41 Å². The van der Waals surface area contributed by atoms with E-state index < -0.39 is 5.41 Å². The third kappa shape index (κ3) is 8.72. The highest BCUT2D eigenvalue weighted by molar-refractivity contribution is 6.15. The van der Waals surface area contributed by atoms with Gasteiger partial charge in [0.2, 0.25) is 0 Å². The molecule has 12 aromatic rings. The minimum Gasteiger partial charge on any atom is -0.456 e. The number of hydrogen-bond donors (Lipinski definition) is 0. The van der Waals surface area contributed by atoms with Crippen LogP contribution in [0.2, 0.25) is 0 Å². The molecular weight excluding hydrogens is 1010 g/mol. The molecule has 3 aliphatic carbocycles. The van der Waals surface area contributed by atoms with Crippen LogP contribution in [0.4, 0.5) is 0 Å². The second-order valence-corrected chi connectivity index (χ2v) is 27.9. The Kier molecular flexibility index (Phi) is 12.1. The van der Waals surface area contributed by atoms with E-state index in [9.17, 15) is 0 Å². The van der Waals surface area contributed by atoms with Gasteiger partial charge in [0.1, 0.15) is 11.2 Å². The minimum absolute atomic E-state index is 0.0332. The molecule has 0 fully saturated rings. The fourth-order valence-corrected chi connectivity index (χ4v) is 14.0. The van der Waals surface area contributed by atoms with Gasteiger partial charge < -0.3 is 4.42 Å². The van der Waals surface area contributed by atoms with Crippen LogP contribution < -0.4 is 0 Å². The van der Waals surface area contributed by atoms with Gasteiger partial charge >= 0.3 is 0 Å². The van der Waals surface area contributed by atoms with E-state index in [2.05, 4.69) is 314 Å². The molecule has 0 saturated carbocycles. The quantitative estimate of drug-likeness (QED) is 0.168. The molecule has 0 radical (unpaired) electrons. The maximum Gasteiger partial charge on any atom is 0.136 e. The number of benzene rings is 11. The molecule has 3 aliphatic rings. The SMILES string of the molecule is Cc1ccc2c(c1)-c1c(ccc3oc4ccccc4c13)C21c2cccc(c2)-c2cc(-c3ccc(C(C)(C)C)cc3)cc(c2)-c2ccc(cc2)C(C)(C)c2cc(C(C)(C)C)ccc2-c2cc(-c3ccc(C(C)(C)C)cc3)cc(c2)-c2cccc1c2. The molecule has 1 spiro atoms. The summed E-state index contributed by atoms with van der Waals surface area (Å²) in [6, 6.07) is 89.3. The Morgan fingerprint density at radius 2 is 0.786 bits per heavy atom. The Bertz CT molecular complexity index is 4590. The molecule has 1 heterocycles. The van der Waals surface area contributed by atoms with Crippen LogP contribution in [0.1, 0.15) is 132 Å².